The van der Waals surface area contributed by atoms with Crippen LogP contribution in [0.1, 0.15) is 44.6 Å². The van der Waals surface area contributed by atoms with Crippen LogP contribution in [0.2, 0.25) is 0 Å². The van der Waals surface area contributed by atoms with Crippen LogP contribution in [0.25, 0.3) is 0 Å². The van der Waals surface area contributed by atoms with Crippen LogP contribution in [0.3, 0.4) is 0 Å². The minimum atomic E-state index is -0.473. The van der Waals surface area contributed by atoms with Crippen LogP contribution in [0.5, 0.6) is 0 Å². The van der Waals surface area contributed by atoms with Crippen molar-refractivity contribution < 1.29 is 9.53 Å². The lowest BCUT2D eigenvalue weighted by atomic mass is 10.2. The summed E-state index contributed by atoms with van der Waals surface area (Å²) < 4.78 is 5.20. The van der Waals surface area contributed by atoms with E-state index in [9.17, 15) is 4.79 Å². The molecular formula is C15H23N3O2S. The summed E-state index contributed by atoms with van der Waals surface area (Å²) in [6.45, 7) is 9.01. The van der Waals surface area contributed by atoms with Crippen LogP contribution in [0.15, 0.2) is 11.4 Å². The summed E-state index contributed by atoms with van der Waals surface area (Å²) in [4.78, 5) is 12.7. The molecule has 0 aromatic carbocycles. The molecule has 1 aromatic heterocycles. The van der Waals surface area contributed by atoms with E-state index in [2.05, 4.69) is 16.7 Å². The fraction of sp³-hybridized carbons (Fsp3) is 0.600. The summed E-state index contributed by atoms with van der Waals surface area (Å²) in [7, 11) is 0. The van der Waals surface area contributed by atoms with Gasteiger partial charge in [0.2, 0.25) is 0 Å². The van der Waals surface area contributed by atoms with Crippen LogP contribution in [0, 0.1) is 11.3 Å². The van der Waals surface area contributed by atoms with Crippen LogP contribution < -0.4 is 10.6 Å². The van der Waals surface area contributed by atoms with Gasteiger partial charge in [0.25, 0.3) is 0 Å². The third-order valence-corrected chi connectivity index (χ3v) is 3.54. The highest BCUT2D eigenvalue weighted by Crippen LogP contribution is 2.13. The average molecular weight is 309 g/mol. The normalized spacial score (nSPS) is 12.5. The number of thiophene rings is 1. The number of ether oxygens (including phenoxy) is 1. The molecule has 2 N–H and O–H groups in total. The van der Waals surface area contributed by atoms with Crippen molar-refractivity contribution in [3.05, 3.63) is 21.9 Å². The number of amides is 1. The summed E-state index contributed by atoms with van der Waals surface area (Å²) >= 11 is 1.58. The van der Waals surface area contributed by atoms with Gasteiger partial charge in [-0.2, -0.15) is 5.26 Å². The van der Waals surface area contributed by atoms with Crippen molar-refractivity contribution >= 4 is 17.4 Å². The molecule has 0 radical (unpaired) electrons. The summed E-state index contributed by atoms with van der Waals surface area (Å²) in [5.74, 6) is 0. The number of rotatable bonds is 6. The first kappa shape index (κ1) is 17.5. The molecule has 0 aliphatic carbocycles. The monoisotopic (exact) mass is 309 g/mol. The van der Waals surface area contributed by atoms with Gasteiger partial charge in [-0.3, -0.25) is 0 Å². The minimum absolute atomic E-state index is 0.0466. The Hall–Kier alpha value is -1.58. The van der Waals surface area contributed by atoms with Gasteiger partial charge < -0.3 is 15.4 Å². The van der Waals surface area contributed by atoms with Gasteiger partial charge in [-0.25, -0.2) is 4.79 Å². The molecule has 0 spiro atoms. The number of hydrogen-bond donors (Lipinski definition) is 2. The number of nitrogens with one attached hydrogen (secondary N) is 2. The van der Waals surface area contributed by atoms with Crippen LogP contribution in [0.4, 0.5) is 4.79 Å². The largest absolute Gasteiger partial charge is 0.444 e. The van der Waals surface area contributed by atoms with Crippen LogP contribution >= 0.6 is 11.3 Å². The fourth-order valence-corrected chi connectivity index (χ4v) is 2.42. The maximum absolute atomic E-state index is 11.6. The van der Waals surface area contributed by atoms with E-state index in [0.29, 0.717) is 5.56 Å². The Morgan fingerprint density at radius 1 is 1.52 bits per heavy atom. The number of alkyl carbamates (subject to hydrolysis) is 1. The number of nitriles is 1. The Morgan fingerprint density at radius 3 is 2.81 bits per heavy atom. The van der Waals surface area contributed by atoms with Gasteiger partial charge in [0, 0.05) is 22.8 Å². The van der Waals surface area contributed by atoms with Crippen molar-refractivity contribution in [1.29, 1.82) is 5.26 Å². The molecule has 0 aliphatic heterocycles. The highest BCUT2D eigenvalue weighted by atomic mass is 32.1. The van der Waals surface area contributed by atoms with Crippen molar-refractivity contribution in [2.45, 2.75) is 52.3 Å². The van der Waals surface area contributed by atoms with E-state index in [1.54, 1.807) is 11.3 Å². The molecule has 1 rings (SSSR count). The zero-order valence-electron chi connectivity index (χ0n) is 13.0. The molecule has 6 heteroatoms. The molecule has 1 heterocycles. The quantitative estimate of drug-likeness (QED) is 0.792. The zero-order valence-corrected chi connectivity index (χ0v) is 13.8. The standard InChI is InChI=1S/C15H23N3O2S/c1-11(18-14(19)20-15(2,3)4)5-6-17-9-13-7-12(8-16)10-21-13/h7,10-11,17H,5-6,9H2,1-4H3,(H,18,19). The zero-order chi connectivity index (χ0) is 15.9. The minimum Gasteiger partial charge on any atom is -0.444 e. The number of carbonyl (C=O) groups excluding carboxylic acids is 1. The highest BCUT2D eigenvalue weighted by molar-refractivity contribution is 7.10. The summed E-state index contributed by atoms with van der Waals surface area (Å²) in [6.07, 6.45) is 0.433. The van der Waals surface area contributed by atoms with Gasteiger partial charge in [0.05, 0.1) is 5.56 Å². The highest BCUT2D eigenvalue weighted by Gasteiger charge is 2.17. The topological polar surface area (TPSA) is 74.2 Å². The second-order valence-corrected chi connectivity index (χ2v) is 6.92. The van der Waals surface area contributed by atoms with Crippen molar-refractivity contribution in [3.63, 3.8) is 0 Å². The Bertz CT molecular complexity index is 500. The van der Waals surface area contributed by atoms with Gasteiger partial charge in [0.15, 0.2) is 0 Å². The van der Waals surface area contributed by atoms with Crippen LogP contribution in [-0.4, -0.2) is 24.3 Å². The van der Waals surface area contributed by atoms with Crippen LogP contribution in [-0.2, 0) is 11.3 Å². The molecule has 0 fully saturated rings. The lowest BCUT2D eigenvalue weighted by molar-refractivity contribution is 0.0506. The summed E-state index contributed by atoms with van der Waals surface area (Å²) in [6, 6.07) is 4.05. The third-order valence-electron chi connectivity index (χ3n) is 2.60. The predicted octanol–water partition coefficient (Wildman–Crippen LogP) is 3.01. The second kappa shape index (κ2) is 8.01. The Balaban J connectivity index is 2.17. The molecule has 0 aliphatic rings. The third kappa shape index (κ3) is 7.69. The van der Waals surface area contributed by atoms with E-state index in [4.69, 9.17) is 10.00 Å². The van der Waals surface area contributed by atoms with Gasteiger partial charge in [-0.05, 0) is 46.7 Å². The number of nitrogens with zero attached hydrogens (tertiary/aromatic N) is 1. The second-order valence-electron chi connectivity index (χ2n) is 5.93. The molecule has 0 saturated heterocycles. The number of carbonyl (C=O) groups is 1. The van der Waals surface area contributed by atoms with Crippen molar-refractivity contribution in [2.24, 2.45) is 0 Å². The SMILES string of the molecule is CC(CCNCc1cc(C#N)cs1)NC(=O)OC(C)(C)C. The maximum atomic E-state index is 11.6. The average Bonchev–Trinajstić information content (AvgIpc) is 2.80. The molecular weight excluding hydrogens is 286 g/mol. The van der Waals surface area contributed by atoms with E-state index in [-0.39, 0.29) is 12.1 Å². The maximum Gasteiger partial charge on any atom is 0.407 e. The van der Waals surface area contributed by atoms with Crippen molar-refractivity contribution in [1.82, 2.24) is 10.6 Å². The Morgan fingerprint density at radius 2 is 2.24 bits per heavy atom. The molecule has 1 unspecified atom stereocenters. The van der Waals surface area contributed by atoms with Crippen molar-refractivity contribution in [2.75, 3.05) is 6.54 Å². The first-order valence-corrected chi connectivity index (χ1v) is 7.86. The Kier molecular flexibility index (Phi) is 6.66. The molecule has 1 amide bonds. The van der Waals surface area contributed by atoms with E-state index >= 15 is 0 Å². The summed E-state index contributed by atoms with van der Waals surface area (Å²) in [5.41, 5.74) is 0.233. The molecule has 21 heavy (non-hydrogen) atoms. The fourth-order valence-electron chi connectivity index (χ4n) is 1.64. The van der Waals surface area contributed by atoms with Gasteiger partial charge in [0.1, 0.15) is 11.7 Å². The molecule has 5 nitrogen and oxygen atoms in total. The van der Waals surface area contributed by atoms with Gasteiger partial charge in [-0.1, -0.05) is 0 Å². The number of hydrogen-bond acceptors (Lipinski definition) is 5. The van der Waals surface area contributed by atoms with E-state index in [1.807, 2.05) is 39.1 Å². The van der Waals surface area contributed by atoms with Gasteiger partial charge in [-0.15, -0.1) is 11.3 Å². The molecule has 116 valence electrons. The predicted molar refractivity (Wildman–Crippen MR) is 84.2 cm³/mol. The van der Waals surface area contributed by atoms with Crippen molar-refractivity contribution in [3.8, 4) is 6.07 Å². The first-order valence-electron chi connectivity index (χ1n) is 6.98. The van der Waals surface area contributed by atoms with Gasteiger partial charge >= 0.3 is 6.09 Å². The lowest BCUT2D eigenvalue weighted by Gasteiger charge is -2.22. The molecule has 1 aromatic rings. The Labute approximate surface area is 130 Å². The molecule has 0 saturated carbocycles. The van der Waals surface area contributed by atoms with E-state index in [1.165, 1.54) is 0 Å². The summed E-state index contributed by atoms with van der Waals surface area (Å²) in [5, 5.41) is 16.7. The lowest BCUT2D eigenvalue weighted by Crippen LogP contribution is -2.38. The molecule has 1 atom stereocenters. The molecule has 0 bridgehead atoms. The van der Waals surface area contributed by atoms with E-state index < -0.39 is 5.60 Å². The smallest absolute Gasteiger partial charge is 0.407 e. The first-order chi connectivity index (χ1) is 9.80. The van der Waals surface area contributed by atoms with E-state index in [0.717, 1.165) is 24.4 Å².